The van der Waals surface area contributed by atoms with Crippen LogP contribution in [0.1, 0.15) is 25.7 Å². The minimum absolute atomic E-state index is 0.0705. The molecule has 0 aromatic heterocycles. The first-order valence-corrected chi connectivity index (χ1v) is 10.9. The largest absolute Gasteiger partial charge is 0.383 e. The highest BCUT2D eigenvalue weighted by Crippen LogP contribution is 2.21. The number of rotatable bonds is 8. The van der Waals surface area contributed by atoms with Gasteiger partial charge in [0.05, 0.1) is 6.61 Å². The number of benzene rings is 1. The third-order valence-corrected chi connectivity index (χ3v) is 6.29. The van der Waals surface area contributed by atoms with E-state index in [2.05, 4.69) is 19.2 Å². The molecule has 8 heteroatoms. The SMILES string of the molecule is COCCN1CCN(c2ccc(NS(=O)(=O)NC3CCCC3)cc2)CC1. The molecule has 0 atom stereocenters. The van der Waals surface area contributed by atoms with Gasteiger partial charge in [-0.1, -0.05) is 12.8 Å². The van der Waals surface area contributed by atoms with E-state index in [4.69, 9.17) is 4.74 Å². The molecule has 1 saturated carbocycles. The Labute approximate surface area is 156 Å². The van der Waals surface area contributed by atoms with E-state index >= 15 is 0 Å². The molecule has 2 N–H and O–H groups in total. The topological polar surface area (TPSA) is 73.9 Å². The summed E-state index contributed by atoms with van der Waals surface area (Å²) in [7, 11) is -1.77. The number of anilines is 2. The van der Waals surface area contributed by atoms with Gasteiger partial charge in [-0.2, -0.15) is 13.1 Å². The molecular formula is C18H30N4O3S. The normalized spacial score (nSPS) is 19.8. The van der Waals surface area contributed by atoms with Crippen molar-refractivity contribution in [3.05, 3.63) is 24.3 Å². The van der Waals surface area contributed by atoms with Gasteiger partial charge < -0.3 is 9.64 Å². The van der Waals surface area contributed by atoms with Crippen molar-refractivity contribution in [1.29, 1.82) is 0 Å². The number of nitrogens with zero attached hydrogens (tertiary/aromatic N) is 2. The van der Waals surface area contributed by atoms with E-state index in [1.165, 1.54) is 0 Å². The van der Waals surface area contributed by atoms with E-state index in [9.17, 15) is 8.42 Å². The van der Waals surface area contributed by atoms with Crippen molar-refractivity contribution in [2.75, 3.05) is 56.1 Å². The van der Waals surface area contributed by atoms with Gasteiger partial charge in [0.1, 0.15) is 0 Å². The van der Waals surface area contributed by atoms with Crippen LogP contribution in [0.15, 0.2) is 24.3 Å². The Hall–Kier alpha value is -1.35. The molecule has 3 rings (SSSR count). The summed E-state index contributed by atoms with van der Waals surface area (Å²) < 4.78 is 34.9. The van der Waals surface area contributed by atoms with E-state index in [-0.39, 0.29) is 6.04 Å². The highest BCUT2D eigenvalue weighted by atomic mass is 32.2. The van der Waals surface area contributed by atoms with Crippen molar-refractivity contribution >= 4 is 21.6 Å². The van der Waals surface area contributed by atoms with Crippen LogP contribution in [0, 0.1) is 0 Å². The Bertz CT molecular complexity index is 652. The zero-order chi connectivity index (χ0) is 18.4. The van der Waals surface area contributed by atoms with Crippen molar-refractivity contribution in [2.24, 2.45) is 0 Å². The molecule has 0 radical (unpaired) electrons. The predicted molar refractivity (Wildman–Crippen MR) is 105 cm³/mol. The summed E-state index contributed by atoms with van der Waals surface area (Å²) in [6, 6.07) is 7.71. The van der Waals surface area contributed by atoms with Gasteiger partial charge in [-0.05, 0) is 37.1 Å². The minimum Gasteiger partial charge on any atom is -0.383 e. The summed E-state index contributed by atoms with van der Waals surface area (Å²) in [5.41, 5.74) is 1.72. The second-order valence-electron chi connectivity index (χ2n) is 7.07. The standard InChI is InChI=1S/C18H30N4O3S/c1-25-15-14-21-10-12-22(13-11-21)18-8-6-17(7-9-18)20-26(23,24)19-16-4-2-3-5-16/h6-9,16,19-20H,2-5,10-15H2,1H3. The van der Waals surface area contributed by atoms with Crippen molar-refractivity contribution < 1.29 is 13.2 Å². The summed E-state index contributed by atoms with van der Waals surface area (Å²) >= 11 is 0. The Morgan fingerprint density at radius 3 is 2.35 bits per heavy atom. The Balaban J connectivity index is 1.50. The van der Waals surface area contributed by atoms with Crippen LogP contribution in [-0.2, 0) is 14.9 Å². The quantitative estimate of drug-likeness (QED) is 0.715. The monoisotopic (exact) mass is 382 g/mol. The van der Waals surface area contributed by atoms with Crippen LogP contribution in [0.2, 0.25) is 0 Å². The number of methoxy groups -OCH3 is 1. The molecule has 0 spiro atoms. The van der Waals surface area contributed by atoms with Crippen LogP contribution >= 0.6 is 0 Å². The summed E-state index contributed by atoms with van der Waals surface area (Å²) in [5.74, 6) is 0. The van der Waals surface area contributed by atoms with Crippen LogP contribution in [0.25, 0.3) is 0 Å². The first kappa shape index (κ1) is 19.4. The number of nitrogens with one attached hydrogen (secondary N) is 2. The molecule has 1 aromatic carbocycles. The molecule has 0 bridgehead atoms. The molecule has 2 fully saturated rings. The molecule has 2 aliphatic rings. The lowest BCUT2D eigenvalue weighted by molar-refractivity contribution is 0.144. The summed E-state index contributed by atoms with van der Waals surface area (Å²) in [6.45, 7) is 5.71. The van der Waals surface area contributed by atoms with Crippen LogP contribution < -0.4 is 14.3 Å². The average Bonchev–Trinajstić information content (AvgIpc) is 3.13. The van der Waals surface area contributed by atoms with E-state index in [1.54, 1.807) is 7.11 Å². The third kappa shape index (κ3) is 5.57. The molecule has 1 aromatic rings. The molecule has 1 saturated heterocycles. The zero-order valence-corrected chi connectivity index (χ0v) is 16.3. The Morgan fingerprint density at radius 1 is 1.08 bits per heavy atom. The van der Waals surface area contributed by atoms with Gasteiger partial charge in [0.2, 0.25) is 0 Å². The number of ether oxygens (including phenoxy) is 1. The van der Waals surface area contributed by atoms with Crippen LogP contribution in [-0.4, -0.2) is 65.8 Å². The number of hydrogen-bond acceptors (Lipinski definition) is 5. The van der Waals surface area contributed by atoms with Gasteiger partial charge in [0, 0.05) is 57.3 Å². The van der Waals surface area contributed by atoms with Crippen LogP contribution in [0.3, 0.4) is 0 Å². The molecule has 146 valence electrons. The fourth-order valence-electron chi connectivity index (χ4n) is 3.64. The van der Waals surface area contributed by atoms with E-state index in [0.29, 0.717) is 5.69 Å². The van der Waals surface area contributed by atoms with Gasteiger partial charge in [-0.15, -0.1) is 0 Å². The lowest BCUT2D eigenvalue weighted by Crippen LogP contribution is -2.47. The number of hydrogen-bond donors (Lipinski definition) is 2. The lowest BCUT2D eigenvalue weighted by atomic mass is 10.2. The fraction of sp³-hybridized carbons (Fsp3) is 0.667. The average molecular weight is 383 g/mol. The van der Waals surface area contributed by atoms with Crippen LogP contribution in [0.4, 0.5) is 11.4 Å². The van der Waals surface area contributed by atoms with Gasteiger partial charge in [0.15, 0.2) is 0 Å². The molecule has 1 heterocycles. The fourth-order valence-corrected chi connectivity index (χ4v) is 4.82. The number of piperazine rings is 1. The highest BCUT2D eigenvalue weighted by Gasteiger charge is 2.21. The first-order valence-electron chi connectivity index (χ1n) is 9.42. The maximum Gasteiger partial charge on any atom is 0.299 e. The minimum atomic E-state index is -3.50. The van der Waals surface area contributed by atoms with Crippen molar-refractivity contribution in [2.45, 2.75) is 31.7 Å². The molecule has 7 nitrogen and oxygen atoms in total. The van der Waals surface area contributed by atoms with Gasteiger partial charge in [-0.3, -0.25) is 9.62 Å². The summed E-state index contributed by atoms with van der Waals surface area (Å²) in [6.07, 6.45) is 4.05. The maximum absolute atomic E-state index is 12.2. The molecule has 1 aliphatic carbocycles. The molecular weight excluding hydrogens is 352 g/mol. The van der Waals surface area contributed by atoms with E-state index < -0.39 is 10.2 Å². The van der Waals surface area contributed by atoms with Gasteiger partial charge in [-0.25, -0.2) is 0 Å². The van der Waals surface area contributed by atoms with Crippen LogP contribution in [0.5, 0.6) is 0 Å². The van der Waals surface area contributed by atoms with E-state index in [0.717, 1.165) is 70.7 Å². The molecule has 0 unspecified atom stereocenters. The smallest absolute Gasteiger partial charge is 0.299 e. The third-order valence-electron chi connectivity index (χ3n) is 5.15. The first-order chi connectivity index (χ1) is 12.6. The second kappa shape index (κ2) is 9.03. The summed E-state index contributed by atoms with van der Waals surface area (Å²) in [5, 5.41) is 0. The van der Waals surface area contributed by atoms with E-state index in [1.807, 2.05) is 24.3 Å². The molecule has 1 aliphatic heterocycles. The van der Waals surface area contributed by atoms with Gasteiger partial charge >= 0.3 is 0 Å². The zero-order valence-electron chi connectivity index (χ0n) is 15.5. The predicted octanol–water partition coefficient (Wildman–Crippen LogP) is 1.64. The van der Waals surface area contributed by atoms with Crippen molar-refractivity contribution in [3.63, 3.8) is 0 Å². The second-order valence-corrected chi connectivity index (χ2v) is 8.52. The Kier molecular flexibility index (Phi) is 6.74. The molecule has 26 heavy (non-hydrogen) atoms. The molecule has 0 amide bonds. The maximum atomic E-state index is 12.2. The van der Waals surface area contributed by atoms with Gasteiger partial charge in [0.25, 0.3) is 10.2 Å². The Morgan fingerprint density at radius 2 is 1.73 bits per heavy atom. The highest BCUT2D eigenvalue weighted by molar-refractivity contribution is 7.90. The van der Waals surface area contributed by atoms with Crippen molar-refractivity contribution in [1.82, 2.24) is 9.62 Å². The summed E-state index contributed by atoms with van der Waals surface area (Å²) in [4.78, 5) is 4.73. The van der Waals surface area contributed by atoms with Crippen molar-refractivity contribution in [3.8, 4) is 0 Å². The lowest BCUT2D eigenvalue weighted by Gasteiger charge is -2.36.